The Morgan fingerprint density at radius 2 is 1.81 bits per heavy atom. The predicted molar refractivity (Wildman–Crippen MR) is 111 cm³/mol. The first-order valence-corrected chi connectivity index (χ1v) is 10.8. The minimum absolute atomic E-state index is 0. The van der Waals surface area contributed by atoms with E-state index in [1.54, 1.807) is 0 Å². The second-order valence-corrected chi connectivity index (χ2v) is 9.51. The molecule has 2 atom stereocenters. The molecule has 7 heteroatoms. The van der Waals surface area contributed by atoms with E-state index in [-0.39, 0.29) is 24.4 Å². The number of likely N-dealkylation sites (tertiary alicyclic amines) is 1. The van der Waals surface area contributed by atoms with Crippen molar-refractivity contribution in [1.82, 2.24) is 15.5 Å². The number of aryl methyl sites for hydroxylation is 1. The normalized spacial score (nSPS) is 27.9. The number of nitrogens with zero attached hydrogens (tertiary/aromatic N) is 1. The zero-order valence-corrected chi connectivity index (χ0v) is 17.5. The molecule has 2 unspecified atom stereocenters. The predicted octanol–water partition coefficient (Wildman–Crippen LogP) is 3.12. The summed E-state index contributed by atoms with van der Waals surface area (Å²) in [5, 5.41) is 6.78. The van der Waals surface area contributed by atoms with Crippen molar-refractivity contribution in [2.45, 2.75) is 70.0 Å². The molecular weight excluding hydrogens is 382 g/mol. The van der Waals surface area contributed by atoms with Crippen LogP contribution in [0.5, 0.6) is 0 Å². The molecule has 0 spiro atoms. The number of hydrogen-bond acceptors (Lipinski definition) is 4. The maximum absolute atomic E-state index is 12.7. The summed E-state index contributed by atoms with van der Waals surface area (Å²) in [6, 6.07) is 5.35. The zero-order chi connectivity index (χ0) is 18.1. The Labute approximate surface area is 171 Å². The van der Waals surface area contributed by atoms with Gasteiger partial charge in [-0.05, 0) is 63.5 Å². The Bertz CT molecular complexity index is 660. The number of carbonyl (C=O) groups is 2. The van der Waals surface area contributed by atoms with Crippen LogP contribution < -0.4 is 10.6 Å². The van der Waals surface area contributed by atoms with Gasteiger partial charge in [0.25, 0.3) is 5.91 Å². The fourth-order valence-corrected chi connectivity index (χ4v) is 5.57. The second kappa shape index (κ2) is 8.93. The Morgan fingerprint density at radius 1 is 1.15 bits per heavy atom. The lowest BCUT2D eigenvalue weighted by molar-refractivity contribution is -0.133. The maximum Gasteiger partial charge on any atom is 0.261 e. The average Bonchev–Trinajstić information content (AvgIpc) is 3.21. The first-order valence-electron chi connectivity index (χ1n) is 9.98. The maximum atomic E-state index is 12.7. The highest BCUT2D eigenvalue weighted by Gasteiger charge is 2.35. The van der Waals surface area contributed by atoms with Gasteiger partial charge in [-0.2, -0.15) is 0 Å². The fourth-order valence-electron chi connectivity index (χ4n) is 4.80. The summed E-state index contributed by atoms with van der Waals surface area (Å²) in [5.74, 6) is 0.897. The van der Waals surface area contributed by atoms with Crippen molar-refractivity contribution in [2.75, 3.05) is 13.1 Å². The summed E-state index contributed by atoms with van der Waals surface area (Å²) < 4.78 is 0. The first kappa shape index (κ1) is 20.6. The lowest BCUT2D eigenvalue weighted by Crippen LogP contribution is -2.47. The quantitative estimate of drug-likeness (QED) is 0.800. The summed E-state index contributed by atoms with van der Waals surface area (Å²) in [7, 11) is 0. The van der Waals surface area contributed by atoms with Gasteiger partial charge in [0.1, 0.15) is 0 Å². The summed E-state index contributed by atoms with van der Waals surface area (Å²) in [6.45, 7) is 3.55. The first-order chi connectivity index (χ1) is 12.6. The van der Waals surface area contributed by atoms with E-state index < -0.39 is 0 Å². The Balaban J connectivity index is 0.00000210. The number of amides is 2. The lowest BCUT2D eigenvalue weighted by Gasteiger charge is -2.34. The molecule has 2 N–H and O–H groups in total. The standard InChI is InChI=1S/C20H29N3O2S.ClH/c1-13-2-5-18(26-13)20(25)22-15-6-8-23(9-7-15)19(24)12-14-10-16-3-4-17(11-14)21-16;/h2,5,14-17,21H,3-4,6-12H2,1H3,(H,22,25);1H. The van der Waals surface area contributed by atoms with E-state index in [9.17, 15) is 9.59 Å². The van der Waals surface area contributed by atoms with Crippen molar-refractivity contribution in [3.8, 4) is 0 Å². The molecule has 1 aromatic rings. The van der Waals surface area contributed by atoms with Gasteiger partial charge in [0.15, 0.2) is 0 Å². The Kier molecular flexibility index (Phi) is 6.82. The highest BCUT2D eigenvalue weighted by molar-refractivity contribution is 7.13. The van der Waals surface area contributed by atoms with Gasteiger partial charge < -0.3 is 15.5 Å². The Morgan fingerprint density at radius 3 is 2.41 bits per heavy atom. The van der Waals surface area contributed by atoms with Crippen molar-refractivity contribution in [3.05, 3.63) is 21.9 Å². The highest BCUT2D eigenvalue weighted by Crippen LogP contribution is 2.33. The highest BCUT2D eigenvalue weighted by atomic mass is 35.5. The smallest absolute Gasteiger partial charge is 0.261 e. The van der Waals surface area contributed by atoms with Crippen molar-refractivity contribution in [3.63, 3.8) is 0 Å². The topological polar surface area (TPSA) is 61.4 Å². The van der Waals surface area contributed by atoms with Crippen LogP contribution >= 0.6 is 23.7 Å². The molecule has 2 amide bonds. The number of carbonyl (C=O) groups excluding carboxylic acids is 2. The number of halogens is 1. The van der Waals surface area contributed by atoms with Crippen LogP contribution in [-0.4, -0.2) is 47.9 Å². The van der Waals surface area contributed by atoms with E-state index in [1.165, 1.54) is 24.2 Å². The fraction of sp³-hybridized carbons (Fsp3) is 0.700. The number of fused-ring (bicyclic) bond motifs is 2. The van der Waals surface area contributed by atoms with Crippen LogP contribution in [0, 0.1) is 12.8 Å². The number of hydrogen-bond donors (Lipinski definition) is 2. The van der Waals surface area contributed by atoms with Gasteiger partial charge in [-0.3, -0.25) is 9.59 Å². The van der Waals surface area contributed by atoms with Crippen molar-refractivity contribution >= 4 is 35.6 Å². The van der Waals surface area contributed by atoms with Crippen LogP contribution in [-0.2, 0) is 4.79 Å². The minimum Gasteiger partial charge on any atom is -0.348 e. The molecular formula is C20H30ClN3O2S. The third kappa shape index (κ3) is 5.04. The van der Waals surface area contributed by atoms with Gasteiger partial charge in [-0.25, -0.2) is 0 Å². The van der Waals surface area contributed by atoms with Gasteiger partial charge in [0.05, 0.1) is 4.88 Å². The van der Waals surface area contributed by atoms with E-state index in [2.05, 4.69) is 10.6 Å². The lowest BCUT2D eigenvalue weighted by atomic mass is 9.89. The average molecular weight is 412 g/mol. The molecule has 0 radical (unpaired) electrons. The van der Waals surface area contributed by atoms with E-state index in [4.69, 9.17) is 0 Å². The molecule has 3 aliphatic rings. The van der Waals surface area contributed by atoms with E-state index in [0.29, 0.717) is 30.3 Å². The molecule has 5 nitrogen and oxygen atoms in total. The number of nitrogens with one attached hydrogen (secondary N) is 2. The van der Waals surface area contributed by atoms with Crippen LogP contribution in [0.25, 0.3) is 0 Å². The zero-order valence-electron chi connectivity index (χ0n) is 15.9. The molecule has 4 rings (SSSR count). The van der Waals surface area contributed by atoms with Gasteiger partial charge in [-0.15, -0.1) is 23.7 Å². The van der Waals surface area contributed by atoms with Crippen LogP contribution in [0.3, 0.4) is 0 Å². The molecule has 0 aromatic carbocycles. The molecule has 1 aromatic heterocycles. The molecule has 2 bridgehead atoms. The van der Waals surface area contributed by atoms with Gasteiger partial charge >= 0.3 is 0 Å². The number of piperidine rings is 2. The second-order valence-electron chi connectivity index (χ2n) is 8.22. The molecule has 4 heterocycles. The summed E-state index contributed by atoms with van der Waals surface area (Å²) in [6.07, 6.45) is 7.32. The van der Waals surface area contributed by atoms with Gasteiger partial charge in [0.2, 0.25) is 5.91 Å². The van der Waals surface area contributed by atoms with Gasteiger partial charge in [-0.1, -0.05) is 0 Å². The third-order valence-electron chi connectivity index (χ3n) is 6.18. The van der Waals surface area contributed by atoms with Crippen LogP contribution in [0.1, 0.15) is 59.5 Å². The van der Waals surface area contributed by atoms with Crippen LogP contribution in [0.4, 0.5) is 0 Å². The largest absolute Gasteiger partial charge is 0.348 e. The molecule has 3 fully saturated rings. The minimum atomic E-state index is 0. The Hall–Kier alpha value is -1.11. The summed E-state index contributed by atoms with van der Waals surface area (Å²) in [4.78, 5) is 28.9. The van der Waals surface area contributed by atoms with Crippen LogP contribution in [0.15, 0.2) is 12.1 Å². The monoisotopic (exact) mass is 411 g/mol. The third-order valence-corrected chi connectivity index (χ3v) is 7.18. The molecule has 150 valence electrons. The molecule has 3 aliphatic heterocycles. The molecule has 3 saturated heterocycles. The van der Waals surface area contributed by atoms with Gasteiger partial charge in [0, 0.05) is 42.5 Å². The van der Waals surface area contributed by atoms with Crippen molar-refractivity contribution < 1.29 is 9.59 Å². The number of thiophene rings is 1. The van der Waals surface area contributed by atoms with E-state index >= 15 is 0 Å². The number of rotatable bonds is 4. The van der Waals surface area contributed by atoms with E-state index in [0.717, 1.165) is 48.5 Å². The van der Waals surface area contributed by atoms with Crippen molar-refractivity contribution in [1.29, 1.82) is 0 Å². The summed E-state index contributed by atoms with van der Waals surface area (Å²) >= 11 is 1.53. The van der Waals surface area contributed by atoms with Crippen LogP contribution in [0.2, 0.25) is 0 Å². The molecule has 0 aliphatic carbocycles. The summed E-state index contributed by atoms with van der Waals surface area (Å²) in [5.41, 5.74) is 0. The molecule has 0 saturated carbocycles. The SMILES string of the molecule is Cc1ccc(C(=O)NC2CCN(C(=O)CC3CC4CCC(C3)N4)CC2)s1.Cl. The van der Waals surface area contributed by atoms with Crippen molar-refractivity contribution in [2.24, 2.45) is 5.92 Å². The van der Waals surface area contributed by atoms with E-state index in [1.807, 2.05) is 24.0 Å². The molecule has 27 heavy (non-hydrogen) atoms.